The maximum Gasteiger partial charge on any atom is 0.573 e. The van der Waals surface area contributed by atoms with Crippen molar-refractivity contribution in [2.75, 3.05) is 13.7 Å². The molecule has 1 amide bonds. The lowest BCUT2D eigenvalue weighted by molar-refractivity contribution is -0.274. The Hall–Kier alpha value is -2.90. The minimum absolute atomic E-state index is 0.0123. The van der Waals surface area contributed by atoms with Crippen molar-refractivity contribution in [2.24, 2.45) is 0 Å². The standard InChI is InChI=1S/C24H26F3NO4/c1-30-21-10-9-15(13-22(21)31-18-6-2-3-7-18)17-12-20(23(29)28-14-17)16-5-4-8-19(11-16)32-24(25,26)27/h4-5,8-11,13,17-18,20H,2-3,6-7,12,14H2,1H3,(H,28,29). The van der Waals surface area contributed by atoms with E-state index in [9.17, 15) is 18.0 Å². The number of benzene rings is 2. The minimum atomic E-state index is -4.78. The average Bonchev–Trinajstić information content (AvgIpc) is 3.26. The van der Waals surface area contributed by atoms with Crippen LogP contribution in [0.5, 0.6) is 17.2 Å². The van der Waals surface area contributed by atoms with Crippen LogP contribution in [0.4, 0.5) is 13.2 Å². The Kier molecular flexibility index (Phi) is 6.48. The van der Waals surface area contributed by atoms with E-state index in [-0.39, 0.29) is 23.7 Å². The van der Waals surface area contributed by atoms with Gasteiger partial charge in [0.15, 0.2) is 11.5 Å². The Morgan fingerprint density at radius 2 is 1.78 bits per heavy atom. The molecule has 0 radical (unpaired) electrons. The molecule has 172 valence electrons. The molecule has 2 unspecified atom stereocenters. The van der Waals surface area contributed by atoms with Crippen molar-refractivity contribution in [3.63, 3.8) is 0 Å². The van der Waals surface area contributed by atoms with Crippen LogP contribution in [0, 0.1) is 0 Å². The molecule has 0 bridgehead atoms. The van der Waals surface area contributed by atoms with E-state index in [1.807, 2.05) is 18.2 Å². The van der Waals surface area contributed by atoms with Gasteiger partial charge in [-0.2, -0.15) is 0 Å². The highest BCUT2D eigenvalue weighted by Crippen LogP contribution is 2.39. The van der Waals surface area contributed by atoms with Gasteiger partial charge < -0.3 is 19.5 Å². The third kappa shape index (κ3) is 5.29. The van der Waals surface area contributed by atoms with Crippen molar-refractivity contribution in [3.05, 3.63) is 53.6 Å². The SMILES string of the molecule is COc1ccc(C2CNC(=O)C(c3cccc(OC(F)(F)F)c3)C2)cc1OC1CCCC1. The molecule has 0 aromatic heterocycles. The van der Waals surface area contributed by atoms with Crippen LogP contribution in [-0.4, -0.2) is 32.0 Å². The molecule has 32 heavy (non-hydrogen) atoms. The third-order valence-electron chi connectivity index (χ3n) is 6.11. The highest BCUT2D eigenvalue weighted by Gasteiger charge is 2.34. The fourth-order valence-corrected chi connectivity index (χ4v) is 4.52. The van der Waals surface area contributed by atoms with E-state index in [1.54, 1.807) is 13.2 Å². The molecule has 4 rings (SSSR count). The molecule has 8 heteroatoms. The number of rotatable bonds is 6. The molecule has 2 aromatic rings. The molecule has 5 nitrogen and oxygen atoms in total. The predicted molar refractivity (Wildman–Crippen MR) is 112 cm³/mol. The number of nitrogens with one attached hydrogen (secondary N) is 1. The number of hydrogen-bond acceptors (Lipinski definition) is 4. The van der Waals surface area contributed by atoms with Gasteiger partial charge in [0.1, 0.15) is 5.75 Å². The lowest BCUT2D eigenvalue weighted by Crippen LogP contribution is -2.39. The minimum Gasteiger partial charge on any atom is -0.493 e. The van der Waals surface area contributed by atoms with Gasteiger partial charge in [-0.05, 0) is 67.5 Å². The summed E-state index contributed by atoms with van der Waals surface area (Å²) in [5, 5.41) is 2.89. The van der Waals surface area contributed by atoms with Crippen LogP contribution >= 0.6 is 0 Å². The van der Waals surface area contributed by atoms with E-state index in [2.05, 4.69) is 10.1 Å². The van der Waals surface area contributed by atoms with E-state index in [4.69, 9.17) is 9.47 Å². The zero-order chi connectivity index (χ0) is 22.7. The van der Waals surface area contributed by atoms with E-state index < -0.39 is 12.3 Å². The Labute approximate surface area is 184 Å². The molecule has 1 saturated carbocycles. The van der Waals surface area contributed by atoms with Crippen LogP contribution in [0.15, 0.2) is 42.5 Å². The summed E-state index contributed by atoms with van der Waals surface area (Å²) in [5.41, 5.74) is 1.48. The van der Waals surface area contributed by atoms with Crippen molar-refractivity contribution in [1.82, 2.24) is 5.32 Å². The molecule has 2 fully saturated rings. The van der Waals surface area contributed by atoms with E-state index in [1.165, 1.54) is 18.2 Å². The molecule has 1 heterocycles. The van der Waals surface area contributed by atoms with Crippen LogP contribution in [0.2, 0.25) is 0 Å². The zero-order valence-corrected chi connectivity index (χ0v) is 17.8. The summed E-state index contributed by atoms with van der Waals surface area (Å²) < 4.78 is 53.5. The summed E-state index contributed by atoms with van der Waals surface area (Å²) in [7, 11) is 1.60. The number of halogens is 3. The van der Waals surface area contributed by atoms with Gasteiger partial charge in [-0.1, -0.05) is 18.2 Å². The van der Waals surface area contributed by atoms with E-state index >= 15 is 0 Å². The number of carbonyl (C=O) groups excluding carboxylic acids is 1. The first-order valence-electron chi connectivity index (χ1n) is 10.8. The van der Waals surface area contributed by atoms with Crippen molar-refractivity contribution in [2.45, 2.75) is 56.4 Å². The average molecular weight is 449 g/mol. The predicted octanol–water partition coefficient (Wildman–Crippen LogP) is 5.30. The normalized spacial score (nSPS) is 21.8. The molecular formula is C24H26F3NO4. The fourth-order valence-electron chi connectivity index (χ4n) is 4.52. The molecule has 1 saturated heterocycles. The Morgan fingerprint density at radius 3 is 2.50 bits per heavy atom. The molecule has 2 atom stereocenters. The van der Waals surface area contributed by atoms with E-state index in [0.29, 0.717) is 30.0 Å². The van der Waals surface area contributed by atoms with E-state index in [0.717, 1.165) is 31.2 Å². The summed E-state index contributed by atoms with van der Waals surface area (Å²) in [4.78, 5) is 12.5. The number of hydrogen-bond donors (Lipinski definition) is 1. The molecule has 2 aromatic carbocycles. The van der Waals surface area contributed by atoms with Gasteiger partial charge in [-0.3, -0.25) is 4.79 Å². The highest BCUT2D eigenvalue weighted by atomic mass is 19.4. The Bertz CT molecular complexity index is 957. The zero-order valence-electron chi connectivity index (χ0n) is 17.8. The highest BCUT2D eigenvalue weighted by molar-refractivity contribution is 5.84. The first-order valence-corrected chi connectivity index (χ1v) is 10.8. The van der Waals surface area contributed by atoms with Gasteiger partial charge in [-0.15, -0.1) is 13.2 Å². The second-order valence-electron chi connectivity index (χ2n) is 8.29. The second-order valence-corrected chi connectivity index (χ2v) is 8.29. The molecule has 0 spiro atoms. The number of carbonyl (C=O) groups is 1. The Morgan fingerprint density at radius 1 is 1.00 bits per heavy atom. The number of piperidine rings is 1. The number of methoxy groups -OCH3 is 1. The lowest BCUT2D eigenvalue weighted by Gasteiger charge is -2.30. The molecule has 2 aliphatic rings. The molecule has 1 aliphatic carbocycles. The lowest BCUT2D eigenvalue weighted by atomic mass is 9.81. The topological polar surface area (TPSA) is 56.8 Å². The van der Waals surface area contributed by atoms with Crippen LogP contribution in [0.1, 0.15) is 55.1 Å². The monoisotopic (exact) mass is 449 g/mol. The number of alkyl halides is 3. The van der Waals surface area contributed by atoms with Gasteiger partial charge in [0, 0.05) is 12.5 Å². The maximum absolute atomic E-state index is 12.6. The van der Waals surface area contributed by atoms with Crippen LogP contribution in [0.25, 0.3) is 0 Å². The number of ether oxygens (including phenoxy) is 3. The molecule has 1 aliphatic heterocycles. The quantitative estimate of drug-likeness (QED) is 0.650. The third-order valence-corrected chi connectivity index (χ3v) is 6.11. The first-order chi connectivity index (χ1) is 15.3. The van der Waals surface area contributed by atoms with Gasteiger partial charge in [0.05, 0.1) is 19.1 Å². The summed E-state index contributed by atoms with van der Waals surface area (Å²) >= 11 is 0. The first kappa shape index (κ1) is 22.3. The van der Waals surface area contributed by atoms with Crippen molar-refractivity contribution in [3.8, 4) is 17.2 Å². The van der Waals surface area contributed by atoms with Crippen LogP contribution < -0.4 is 19.5 Å². The smallest absolute Gasteiger partial charge is 0.493 e. The van der Waals surface area contributed by atoms with Gasteiger partial charge >= 0.3 is 6.36 Å². The van der Waals surface area contributed by atoms with Gasteiger partial charge in [0.25, 0.3) is 0 Å². The summed E-state index contributed by atoms with van der Waals surface area (Å²) in [6, 6.07) is 11.4. The van der Waals surface area contributed by atoms with Crippen LogP contribution in [0.3, 0.4) is 0 Å². The van der Waals surface area contributed by atoms with Gasteiger partial charge in [-0.25, -0.2) is 0 Å². The summed E-state index contributed by atoms with van der Waals surface area (Å²) in [6.45, 7) is 0.448. The Balaban J connectivity index is 1.54. The van der Waals surface area contributed by atoms with Crippen molar-refractivity contribution >= 4 is 5.91 Å². The van der Waals surface area contributed by atoms with Gasteiger partial charge in [0.2, 0.25) is 5.91 Å². The van der Waals surface area contributed by atoms with Crippen LogP contribution in [-0.2, 0) is 4.79 Å². The largest absolute Gasteiger partial charge is 0.573 e. The molecular weight excluding hydrogens is 423 g/mol. The summed E-state index contributed by atoms with van der Waals surface area (Å²) in [6.07, 6.45) is 0.205. The van der Waals surface area contributed by atoms with Crippen molar-refractivity contribution < 1.29 is 32.2 Å². The fraction of sp³-hybridized carbons (Fsp3) is 0.458. The van der Waals surface area contributed by atoms with Crippen molar-refractivity contribution in [1.29, 1.82) is 0 Å². The number of amides is 1. The maximum atomic E-state index is 12.6. The molecule has 1 N–H and O–H groups in total. The summed E-state index contributed by atoms with van der Waals surface area (Å²) in [5.74, 6) is 0.219. The second kappa shape index (κ2) is 9.30.